The number of aryl methyl sites for hydroxylation is 1. The number of nitrogens with zero attached hydrogens (tertiary/aromatic N) is 3. The van der Waals surface area contributed by atoms with Crippen LogP contribution in [0.25, 0.3) is 0 Å². The van der Waals surface area contributed by atoms with Crippen molar-refractivity contribution in [2.45, 2.75) is 45.6 Å². The summed E-state index contributed by atoms with van der Waals surface area (Å²) in [7, 11) is 0. The Hall–Kier alpha value is -2.29. The van der Waals surface area contributed by atoms with Crippen LogP contribution in [0.4, 0.5) is 16.3 Å². The molecule has 0 aliphatic carbocycles. The zero-order valence-electron chi connectivity index (χ0n) is 13.2. The van der Waals surface area contributed by atoms with Crippen LogP contribution < -0.4 is 15.5 Å². The van der Waals surface area contributed by atoms with Gasteiger partial charge in [-0.05, 0) is 38.3 Å². The van der Waals surface area contributed by atoms with Crippen LogP contribution in [0.1, 0.15) is 38.3 Å². The number of nitriles is 1. The summed E-state index contributed by atoms with van der Waals surface area (Å²) in [5.74, 6) is 0.969. The summed E-state index contributed by atoms with van der Waals surface area (Å²) >= 11 is 0. The van der Waals surface area contributed by atoms with E-state index in [1.165, 1.54) is 12.8 Å². The van der Waals surface area contributed by atoms with Crippen LogP contribution in [-0.4, -0.2) is 30.1 Å². The first-order chi connectivity index (χ1) is 10.6. The monoisotopic (exact) mass is 301 g/mol. The first-order valence-electron chi connectivity index (χ1n) is 7.81. The van der Waals surface area contributed by atoms with Gasteiger partial charge in [-0.2, -0.15) is 5.26 Å². The molecule has 22 heavy (non-hydrogen) atoms. The Bertz CT molecular complexity index is 560. The molecule has 0 bridgehead atoms. The number of aromatic nitrogens is 1. The Labute approximate surface area is 131 Å². The van der Waals surface area contributed by atoms with E-state index in [0.29, 0.717) is 12.1 Å². The van der Waals surface area contributed by atoms with Crippen molar-refractivity contribution in [1.82, 2.24) is 10.3 Å². The number of rotatable bonds is 5. The summed E-state index contributed by atoms with van der Waals surface area (Å²) < 4.78 is 0. The minimum Gasteiger partial charge on any atom is -0.357 e. The molecule has 2 rings (SSSR count). The number of carbonyl (C=O) groups excluding carboxylic acids is 1. The molecule has 1 aliphatic heterocycles. The lowest BCUT2D eigenvalue weighted by atomic mass is 10.2. The van der Waals surface area contributed by atoms with E-state index in [1.807, 2.05) is 26.0 Å². The van der Waals surface area contributed by atoms with E-state index in [4.69, 9.17) is 5.26 Å². The Morgan fingerprint density at radius 2 is 2.18 bits per heavy atom. The van der Waals surface area contributed by atoms with Crippen molar-refractivity contribution in [2.24, 2.45) is 0 Å². The topological polar surface area (TPSA) is 81.0 Å². The number of hydrogen-bond acceptors (Lipinski definition) is 4. The normalized spacial score (nSPS) is 15.2. The molecule has 1 aromatic rings. The highest BCUT2D eigenvalue weighted by molar-refractivity contribution is 5.90. The van der Waals surface area contributed by atoms with Crippen molar-refractivity contribution >= 4 is 17.5 Å². The fourth-order valence-electron chi connectivity index (χ4n) is 2.55. The van der Waals surface area contributed by atoms with Gasteiger partial charge < -0.3 is 15.5 Å². The van der Waals surface area contributed by atoms with E-state index in [9.17, 15) is 4.79 Å². The maximum atomic E-state index is 12.0. The number of nitrogens with one attached hydrogen (secondary N) is 2. The zero-order chi connectivity index (χ0) is 15.9. The van der Waals surface area contributed by atoms with Gasteiger partial charge in [-0.3, -0.25) is 0 Å². The highest BCUT2D eigenvalue weighted by atomic mass is 16.2. The van der Waals surface area contributed by atoms with Crippen LogP contribution in [0.3, 0.4) is 0 Å². The molecule has 0 spiro atoms. The molecule has 0 aromatic carbocycles. The molecule has 0 radical (unpaired) electrons. The zero-order valence-corrected chi connectivity index (χ0v) is 13.2. The molecule has 2 heterocycles. The van der Waals surface area contributed by atoms with Gasteiger partial charge in [0.25, 0.3) is 0 Å². The SMILES string of the molecule is CC[C@@H](CC#N)NC(=O)Nc1ccc(N2CCCC2)nc1C. The molecule has 2 N–H and O–H groups in total. The molecule has 6 nitrogen and oxygen atoms in total. The van der Waals surface area contributed by atoms with Crippen molar-refractivity contribution < 1.29 is 4.79 Å². The van der Waals surface area contributed by atoms with Gasteiger partial charge in [0.2, 0.25) is 0 Å². The van der Waals surface area contributed by atoms with Crippen LogP contribution >= 0.6 is 0 Å². The highest BCUT2D eigenvalue weighted by Gasteiger charge is 2.15. The minimum atomic E-state index is -0.291. The number of anilines is 2. The molecule has 2 amide bonds. The van der Waals surface area contributed by atoms with E-state index in [2.05, 4.69) is 26.6 Å². The Kier molecular flexibility index (Phi) is 5.59. The Balaban J connectivity index is 1.97. The van der Waals surface area contributed by atoms with Crippen molar-refractivity contribution in [3.8, 4) is 6.07 Å². The van der Waals surface area contributed by atoms with Gasteiger partial charge >= 0.3 is 6.03 Å². The molecule has 1 fully saturated rings. The third-order valence-electron chi connectivity index (χ3n) is 3.92. The van der Waals surface area contributed by atoms with Gasteiger partial charge in [0, 0.05) is 19.1 Å². The summed E-state index contributed by atoms with van der Waals surface area (Å²) in [6.45, 7) is 5.93. The maximum absolute atomic E-state index is 12.0. The Morgan fingerprint density at radius 3 is 2.77 bits per heavy atom. The number of carbonyl (C=O) groups is 1. The second-order valence-corrected chi connectivity index (χ2v) is 5.56. The second kappa shape index (κ2) is 7.64. The predicted octanol–water partition coefficient (Wildman–Crippen LogP) is 2.80. The molecular formula is C16H23N5O. The minimum absolute atomic E-state index is 0.123. The molecule has 118 valence electrons. The van der Waals surface area contributed by atoms with Crippen LogP contribution in [0.2, 0.25) is 0 Å². The van der Waals surface area contributed by atoms with Crippen LogP contribution in [-0.2, 0) is 0 Å². The highest BCUT2D eigenvalue weighted by Crippen LogP contribution is 2.21. The number of urea groups is 1. The van der Waals surface area contributed by atoms with Crippen molar-refractivity contribution in [2.75, 3.05) is 23.3 Å². The average Bonchev–Trinajstić information content (AvgIpc) is 3.03. The smallest absolute Gasteiger partial charge is 0.319 e. The third-order valence-corrected chi connectivity index (χ3v) is 3.92. The standard InChI is InChI=1S/C16H23N5O/c1-3-13(8-9-17)19-16(22)20-14-6-7-15(18-12(14)2)21-10-4-5-11-21/h6-7,13H,3-5,8,10-11H2,1-2H3,(H2,19,20,22)/t13-/m0/s1. The fraction of sp³-hybridized carbons (Fsp3) is 0.562. The lowest BCUT2D eigenvalue weighted by molar-refractivity contribution is 0.248. The first kappa shape index (κ1) is 16.1. The number of amides is 2. The number of hydrogen-bond donors (Lipinski definition) is 2. The van der Waals surface area contributed by atoms with E-state index in [0.717, 1.165) is 31.0 Å². The Morgan fingerprint density at radius 1 is 1.45 bits per heavy atom. The van der Waals surface area contributed by atoms with Gasteiger partial charge in [-0.25, -0.2) is 9.78 Å². The number of pyridine rings is 1. The van der Waals surface area contributed by atoms with Gasteiger partial charge in [-0.1, -0.05) is 6.92 Å². The molecule has 0 unspecified atom stereocenters. The molecule has 1 aliphatic rings. The largest absolute Gasteiger partial charge is 0.357 e. The van der Waals surface area contributed by atoms with Crippen molar-refractivity contribution in [3.63, 3.8) is 0 Å². The van der Waals surface area contributed by atoms with Crippen LogP contribution in [0, 0.1) is 18.3 Å². The summed E-state index contributed by atoms with van der Waals surface area (Å²) in [5, 5.41) is 14.3. The molecule has 6 heteroatoms. The van der Waals surface area contributed by atoms with Crippen LogP contribution in [0.15, 0.2) is 12.1 Å². The van der Waals surface area contributed by atoms with E-state index in [1.54, 1.807) is 0 Å². The second-order valence-electron chi connectivity index (χ2n) is 5.56. The maximum Gasteiger partial charge on any atom is 0.319 e. The van der Waals surface area contributed by atoms with E-state index >= 15 is 0 Å². The van der Waals surface area contributed by atoms with Crippen molar-refractivity contribution in [1.29, 1.82) is 5.26 Å². The quantitative estimate of drug-likeness (QED) is 0.876. The van der Waals surface area contributed by atoms with Gasteiger partial charge in [0.15, 0.2) is 0 Å². The van der Waals surface area contributed by atoms with Crippen molar-refractivity contribution in [3.05, 3.63) is 17.8 Å². The lowest BCUT2D eigenvalue weighted by Gasteiger charge is -2.19. The average molecular weight is 301 g/mol. The van der Waals surface area contributed by atoms with E-state index < -0.39 is 0 Å². The van der Waals surface area contributed by atoms with Gasteiger partial charge in [-0.15, -0.1) is 0 Å². The predicted molar refractivity (Wildman–Crippen MR) is 86.9 cm³/mol. The van der Waals surface area contributed by atoms with E-state index in [-0.39, 0.29) is 12.1 Å². The molecular weight excluding hydrogens is 278 g/mol. The summed E-state index contributed by atoms with van der Waals surface area (Å²) in [6.07, 6.45) is 3.46. The summed E-state index contributed by atoms with van der Waals surface area (Å²) in [6, 6.07) is 5.50. The lowest BCUT2D eigenvalue weighted by Crippen LogP contribution is -2.37. The molecule has 1 atom stereocenters. The first-order valence-corrected chi connectivity index (χ1v) is 7.81. The third kappa shape index (κ3) is 4.10. The fourth-order valence-corrected chi connectivity index (χ4v) is 2.55. The summed E-state index contributed by atoms with van der Waals surface area (Å²) in [4.78, 5) is 18.8. The molecule has 1 aromatic heterocycles. The van der Waals surface area contributed by atoms with Gasteiger partial charge in [0.05, 0.1) is 23.9 Å². The van der Waals surface area contributed by atoms with Crippen LogP contribution in [0.5, 0.6) is 0 Å². The molecule has 0 saturated carbocycles. The summed E-state index contributed by atoms with van der Waals surface area (Å²) in [5.41, 5.74) is 1.50. The molecule has 1 saturated heterocycles. The van der Waals surface area contributed by atoms with Gasteiger partial charge in [0.1, 0.15) is 5.82 Å².